The van der Waals surface area contributed by atoms with Crippen LogP contribution in [0.4, 0.5) is 0 Å². The molecule has 0 aliphatic heterocycles. The number of nitrogens with one attached hydrogen (secondary N) is 1. The number of rotatable bonds is 6. The maximum atomic E-state index is 12.4. The lowest BCUT2D eigenvalue weighted by atomic mass is 10.00. The maximum Gasteiger partial charge on any atom is 0.375 e. The molecule has 138 valence electrons. The van der Waals surface area contributed by atoms with Gasteiger partial charge in [-0.25, -0.2) is 4.79 Å². The summed E-state index contributed by atoms with van der Waals surface area (Å²) in [6, 6.07) is 15.0. The van der Waals surface area contributed by atoms with Crippen LogP contribution in [0.25, 0.3) is 11.3 Å². The van der Waals surface area contributed by atoms with Gasteiger partial charge in [0, 0.05) is 11.1 Å². The number of hydrogen-bond acceptors (Lipinski definition) is 5. The lowest BCUT2D eigenvalue weighted by molar-refractivity contribution is 0.0648. The van der Waals surface area contributed by atoms with E-state index in [9.17, 15) is 14.7 Å². The first kappa shape index (κ1) is 18.2. The Labute approximate surface area is 155 Å². The van der Waals surface area contributed by atoms with Crippen LogP contribution in [0.1, 0.15) is 39.4 Å². The summed E-state index contributed by atoms with van der Waals surface area (Å²) in [5, 5.41) is 16.2. The van der Waals surface area contributed by atoms with Crippen molar-refractivity contribution in [1.82, 2.24) is 10.5 Å². The van der Waals surface area contributed by atoms with E-state index in [0.717, 1.165) is 0 Å². The first-order valence-electron chi connectivity index (χ1n) is 8.24. The highest BCUT2D eigenvalue weighted by molar-refractivity contribution is 5.95. The minimum Gasteiger partial charge on any atom is -0.497 e. The predicted molar refractivity (Wildman–Crippen MR) is 97.8 cm³/mol. The zero-order valence-electron chi connectivity index (χ0n) is 14.8. The fourth-order valence-electron chi connectivity index (χ4n) is 2.75. The third-order valence-electron chi connectivity index (χ3n) is 4.10. The molecule has 0 spiro atoms. The zero-order chi connectivity index (χ0) is 19.4. The van der Waals surface area contributed by atoms with Crippen LogP contribution in [0.5, 0.6) is 5.75 Å². The van der Waals surface area contributed by atoms with Gasteiger partial charge in [0.2, 0.25) is 5.76 Å². The van der Waals surface area contributed by atoms with Gasteiger partial charge in [-0.3, -0.25) is 4.79 Å². The topological polar surface area (TPSA) is 102 Å². The Bertz CT molecular complexity index is 948. The number of aromatic carboxylic acids is 1. The van der Waals surface area contributed by atoms with E-state index in [4.69, 9.17) is 9.26 Å². The summed E-state index contributed by atoms with van der Waals surface area (Å²) < 4.78 is 10.2. The summed E-state index contributed by atoms with van der Waals surface area (Å²) in [5.41, 5.74) is 1.79. The van der Waals surface area contributed by atoms with E-state index in [1.165, 1.54) is 0 Å². The Morgan fingerprint density at radius 1 is 1.11 bits per heavy atom. The number of carbonyl (C=O) groups excluding carboxylic acids is 1. The second-order valence-electron chi connectivity index (χ2n) is 5.87. The summed E-state index contributed by atoms with van der Waals surface area (Å²) >= 11 is 0. The molecule has 27 heavy (non-hydrogen) atoms. The summed E-state index contributed by atoms with van der Waals surface area (Å²) in [4.78, 5) is 24.0. The van der Waals surface area contributed by atoms with Gasteiger partial charge in [-0.15, -0.1) is 0 Å². The van der Waals surface area contributed by atoms with E-state index in [1.807, 2.05) is 6.07 Å². The van der Waals surface area contributed by atoms with Gasteiger partial charge in [0.1, 0.15) is 11.4 Å². The number of carboxylic acids is 1. The maximum absolute atomic E-state index is 12.4. The lowest BCUT2D eigenvalue weighted by Gasteiger charge is -2.14. The van der Waals surface area contributed by atoms with Crippen LogP contribution >= 0.6 is 0 Å². The van der Waals surface area contributed by atoms with Crippen LogP contribution < -0.4 is 10.1 Å². The lowest BCUT2D eigenvalue weighted by Crippen LogP contribution is -2.27. The van der Waals surface area contributed by atoms with Crippen molar-refractivity contribution in [3.63, 3.8) is 0 Å². The Kier molecular flexibility index (Phi) is 5.21. The highest BCUT2D eigenvalue weighted by Gasteiger charge is 2.28. The van der Waals surface area contributed by atoms with Gasteiger partial charge in [-0.2, -0.15) is 0 Å². The largest absolute Gasteiger partial charge is 0.497 e. The number of nitrogens with zero attached hydrogens (tertiary/aromatic N) is 1. The van der Waals surface area contributed by atoms with Gasteiger partial charge in [-0.1, -0.05) is 23.4 Å². The number of carboxylic acid groups (broad SMARTS) is 1. The highest BCUT2D eigenvalue weighted by atomic mass is 16.5. The summed E-state index contributed by atoms with van der Waals surface area (Å²) in [5.74, 6) is -1.21. The van der Waals surface area contributed by atoms with Crippen molar-refractivity contribution in [2.75, 3.05) is 7.11 Å². The third kappa shape index (κ3) is 3.82. The number of aromatic nitrogens is 1. The number of amides is 1. The molecule has 0 fully saturated rings. The normalized spacial score (nSPS) is 11.6. The molecule has 3 aromatic rings. The molecule has 2 aromatic carbocycles. The van der Waals surface area contributed by atoms with Crippen molar-refractivity contribution in [3.8, 4) is 17.0 Å². The molecule has 0 aliphatic rings. The Hall–Kier alpha value is -3.61. The monoisotopic (exact) mass is 366 g/mol. The fourth-order valence-corrected chi connectivity index (χ4v) is 2.75. The van der Waals surface area contributed by atoms with Crippen LogP contribution in [-0.2, 0) is 0 Å². The number of hydrogen-bond donors (Lipinski definition) is 2. The average Bonchev–Trinajstić information content (AvgIpc) is 3.14. The SMILES string of the molecule is COc1ccc(-c2noc(C(=O)O)c2[C@@H](C)NC(=O)c2ccccc2)cc1. The van der Waals surface area contributed by atoms with Crippen LogP contribution in [0.2, 0.25) is 0 Å². The van der Waals surface area contributed by atoms with Gasteiger partial charge in [0.05, 0.1) is 18.7 Å². The molecule has 1 heterocycles. The molecule has 1 atom stereocenters. The smallest absolute Gasteiger partial charge is 0.375 e. The van der Waals surface area contributed by atoms with Crippen LogP contribution in [-0.4, -0.2) is 29.2 Å². The van der Waals surface area contributed by atoms with Crippen molar-refractivity contribution >= 4 is 11.9 Å². The molecule has 3 rings (SSSR count). The van der Waals surface area contributed by atoms with Crippen molar-refractivity contribution in [2.45, 2.75) is 13.0 Å². The Morgan fingerprint density at radius 2 is 1.78 bits per heavy atom. The molecule has 0 radical (unpaired) electrons. The van der Waals surface area contributed by atoms with E-state index in [0.29, 0.717) is 28.1 Å². The molecule has 1 amide bonds. The predicted octanol–water partition coefficient (Wildman–Crippen LogP) is 3.54. The van der Waals surface area contributed by atoms with Gasteiger partial charge < -0.3 is 19.7 Å². The first-order valence-corrected chi connectivity index (χ1v) is 8.24. The number of benzene rings is 2. The van der Waals surface area contributed by atoms with Crippen LogP contribution in [0, 0.1) is 0 Å². The average molecular weight is 366 g/mol. The molecule has 0 bridgehead atoms. The molecule has 0 aliphatic carbocycles. The Balaban J connectivity index is 1.95. The zero-order valence-corrected chi connectivity index (χ0v) is 14.8. The van der Waals surface area contributed by atoms with E-state index in [1.54, 1.807) is 62.6 Å². The second kappa shape index (κ2) is 7.74. The molecule has 7 nitrogen and oxygen atoms in total. The summed E-state index contributed by atoms with van der Waals surface area (Å²) in [6.45, 7) is 1.69. The van der Waals surface area contributed by atoms with E-state index >= 15 is 0 Å². The van der Waals surface area contributed by atoms with Gasteiger partial charge in [0.25, 0.3) is 5.91 Å². The van der Waals surface area contributed by atoms with Gasteiger partial charge in [-0.05, 0) is 43.3 Å². The quantitative estimate of drug-likeness (QED) is 0.692. The number of ether oxygens (including phenoxy) is 1. The second-order valence-corrected chi connectivity index (χ2v) is 5.87. The van der Waals surface area contributed by atoms with Crippen molar-refractivity contribution in [2.24, 2.45) is 0 Å². The molecular weight excluding hydrogens is 348 g/mol. The highest BCUT2D eigenvalue weighted by Crippen LogP contribution is 2.31. The molecule has 7 heteroatoms. The molecule has 0 saturated carbocycles. The molecule has 0 unspecified atom stereocenters. The molecule has 1 aromatic heterocycles. The Morgan fingerprint density at radius 3 is 2.37 bits per heavy atom. The minimum absolute atomic E-state index is 0.303. The van der Waals surface area contributed by atoms with Crippen molar-refractivity contribution < 1.29 is 24.0 Å². The number of carbonyl (C=O) groups is 2. The van der Waals surface area contributed by atoms with E-state index < -0.39 is 12.0 Å². The molecular formula is C20H18N2O5. The van der Waals surface area contributed by atoms with E-state index in [-0.39, 0.29) is 11.7 Å². The standard InChI is InChI=1S/C20H18N2O5/c1-12(21-19(23)14-6-4-3-5-7-14)16-17(22-27-18(16)20(24)25)13-8-10-15(26-2)11-9-13/h3-12H,1-2H3,(H,21,23)(H,24,25)/t12-/m1/s1. The summed E-state index contributed by atoms with van der Waals surface area (Å²) in [7, 11) is 1.56. The van der Waals surface area contributed by atoms with Crippen molar-refractivity contribution in [1.29, 1.82) is 0 Å². The molecule has 2 N–H and O–H groups in total. The summed E-state index contributed by atoms with van der Waals surface area (Å²) in [6.07, 6.45) is 0. The van der Waals surface area contributed by atoms with Gasteiger partial charge >= 0.3 is 5.97 Å². The fraction of sp³-hybridized carbons (Fsp3) is 0.150. The molecule has 0 saturated heterocycles. The third-order valence-corrected chi connectivity index (χ3v) is 4.10. The van der Waals surface area contributed by atoms with Crippen LogP contribution in [0.15, 0.2) is 59.1 Å². The number of methoxy groups -OCH3 is 1. The van der Waals surface area contributed by atoms with E-state index in [2.05, 4.69) is 10.5 Å². The van der Waals surface area contributed by atoms with Crippen molar-refractivity contribution in [3.05, 3.63) is 71.5 Å². The van der Waals surface area contributed by atoms with Crippen LogP contribution in [0.3, 0.4) is 0 Å². The minimum atomic E-state index is -1.25. The first-order chi connectivity index (χ1) is 13.0. The van der Waals surface area contributed by atoms with Gasteiger partial charge in [0.15, 0.2) is 0 Å².